The Hall–Kier alpha value is -2.23. The van der Waals surface area contributed by atoms with Gasteiger partial charge < -0.3 is 10.1 Å². The highest BCUT2D eigenvalue weighted by atomic mass is 32.2. The van der Waals surface area contributed by atoms with E-state index in [1.807, 2.05) is 0 Å². The lowest BCUT2D eigenvalue weighted by Gasteiger charge is -2.06. The van der Waals surface area contributed by atoms with Crippen molar-refractivity contribution in [1.82, 2.24) is 10.0 Å². The van der Waals surface area contributed by atoms with Crippen molar-refractivity contribution >= 4 is 33.2 Å². The lowest BCUT2D eigenvalue weighted by atomic mass is 10.1. The van der Waals surface area contributed by atoms with Crippen molar-refractivity contribution in [2.75, 3.05) is 6.61 Å². The minimum Gasteiger partial charge on any atom is -0.462 e. The summed E-state index contributed by atoms with van der Waals surface area (Å²) in [7, 11) is -3.65. The number of rotatable bonds is 8. The normalized spacial score (nSPS) is 11.2. The topological polar surface area (TPSA) is 102 Å². The number of carbonyl (C=O) groups excluding carboxylic acids is 2. The fourth-order valence-electron chi connectivity index (χ4n) is 2.03. The first-order chi connectivity index (χ1) is 12.3. The van der Waals surface area contributed by atoms with Crippen LogP contribution in [0, 0.1) is 0 Å². The monoisotopic (exact) mass is 396 g/mol. The highest BCUT2D eigenvalue weighted by molar-refractivity contribution is 7.91. The summed E-state index contributed by atoms with van der Waals surface area (Å²) in [6.07, 6.45) is 0. The van der Waals surface area contributed by atoms with Crippen molar-refractivity contribution in [3.8, 4) is 0 Å². The van der Waals surface area contributed by atoms with E-state index in [1.54, 1.807) is 37.3 Å². The number of thiophene rings is 1. The molecule has 0 aliphatic rings. The highest BCUT2D eigenvalue weighted by Crippen LogP contribution is 2.21. The van der Waals surface area contributed by atoms with Crippen molar-refractivity contribution < 1.29 is 22.7 Å². The number of nitrogens with one attached hydrogen (secondary N) is 2. The molecule has 0 radical (unpaired) electrons. The Kier molecular flexibility index (Phi) is 6.90. The van der Waals surface area contributed by atoms with Crippen LogP contribution >= 0.6 is 11.3 Å². The summed E-state index contributed by atoms with van der Waals surface area (Å²) in [6, 6.07) is 9.71. The summed E-state index contributed by atoms with van der Waals surface area (Å²) >= 11 is 1.10. The van der Waals surface area contributed by atoms with Crippen LogP contribution in [0.5, 0.6) is 0 Å². The average Bonchev–Trinajstić information content (AvgIpc) is 3.09. The van der Waals surface area contributed by atoms with Gasteiger partial charge in [0.25, 0.3) is 0 Å². The van der Waals surface area contributed by atoms with Crippen LogP contribution in [0.4, 0.5) is 0 Å². The molecule has 0 unspecified atom stereocenters. The van der Waals surface area contributed by atoms with Gasteiger partial charge in [0.1, 0.15) is 4.21 Å². The van der Waals surface area contributed by atoms with Gasteiger partial charge in [-0.15, -0.1) is 11.3 Å². The first kappa shape index (κ1) is 20.1. The lowest BCUT2D eigenvalue weighted by Crippen LogP contribution is -2.22. The molecule has 1 aromatic heterocycles. The fourth-order valence-corrected chi connectivity index (χ4v) is 4.39. The van der Waals surface area contributed by atoms with E-state index in [0.717, 1.165) is 21.8 Å². The quantitative estimate of drug-likeness (QED) is 0.665. The van der Waals surface area contributed by atoms with E-state index in [0.29, 0.717) is 18.7 Å². The molecule has 0 bridgehead atoms. The van der Waals surface area contributed by atoms with Crippen LogP contribution in [-0.2, 0) is 32.6 Å². The van der Waals surface area contributed by atoms with Crippen molar-refractivity contribution in [1.29, 1.82) is 0 Å². The minimum absolute atomic E-state index is 0.102. The Balaban J connectivity index is 1.97. The molecule has 2 N–H and O–H groups in total. The third-order valence-corrected chi connectivity index (χ3v) is 6.32. The first-order valence-corrected chi connectivity index (χ1v) is 10.2. The molecule has 2 aromatic rings. The van der Waals surface area contributed by atoms with Gasteiger partial charge >= 0.3 is 5.97 Å². The Labute approximate surface area is 156 Å². The van der Waals surface area contributed by atoms with E-state index in [-0.39, 0.29) is 16.7 Å². The molecule has 0 fully saturated rings. The maximum Gasteiger partial charge on any atom is 0.338 e. The SMILES string of the molecule is CCOC(=O)c1ccc(CNS(=O)(=O)c2ccc(CNC(C)=O)s2)cc1. The molecule has 0 saturated carbocycles. The largest absolute Gasteiger partial charge is 0.462 e. The number of amides is 1. The number of sulfonamides is 1. The fraction of sp³-hybridized carbons (Fsp3) is 0.294. The van der Waals surface area contributed by atoms with Gasteiger partial charge in [-0.3, -0.25) is 4.79 Å². The van der Waals surface area contributed by atoms with Crippen LogP contribution in [0.25, 0.3) is 0 Å². The first-order valence-electron chi connectivity index (χ1n) is 7.90. The van der Waals surface area contributed by atoms with Gasteiger partial charge in [0, 0.05) is 18.3 Å². The van der Waals surface area contributed by atoms with Crippen LogP contribution in [0.1, 0.15) is 34.6 Å². The van der Waals surface area contributed by atoms with Crippen LogP contribution < -0.4 is 10.0 Å². The van der Waals surface area contributed by atoms with Crippen molar-refractivity contribution in [3.05, 3.63) is 52.4 Å². The second-order valence-corrected chi connectivity index (χ2v) is 8.53. The summed E-state index contributed by atoms with van der Waals surface area (Å²) in [5, 5.41) is 2.63. The Bertz CT molecular complexity index is 873. The Morgan fingerprint density at radius 2 is 1.77 bits per heavy atom. The molecule has 1 aromatic carbocycles. The second-order valence-electron chi connectivity index (χ2n) is 5.37. The number of benzene rings is 1. The van der Waals surface area contributed by atoms with Gasteiger partial charge in [0.05, 0.1) is 18.7 Å². The molecule has 0 aliphatic heterocycles. The average molecular weight is 396 g/mol. The predicted octanol–water partition coefficient (Wildman–Crippen LogP) is 2.04. The summed E-state index contributed by atoms with van der Waals surface area (Å²) in [4.78, 5) is 23.3. The highest BCUT2D eigenvalue weighted by Gasteiger charge is 2.17. The maximum atomic E-state index is 12.4. The van der Waals surface area contributed by atoms with E-state index in [4.69, 9.17) is 4.74 Å². The molecule has 0 saturated heterocycles. The van der Waals surface area contributed by atoms with Gasteiger partial charge in [-0.25, -0.2) is 17.9 Å². The van der Waals surface area contributed by atoms with E-state index in [2.05, 4.69) is 10.0 Å². The molecule has 26 heavy (non-hydrogen) atoms. The molecular formula is C17H20N2O5S2. The standard InChI is InChI=1S/C17H20N2O5S2/c1-3-24-17(21)14-6-4-13(5-7-14)10-19-26(22,23)16-9-8-15(25-16)11-18-12(2)20/h4-9,19H,3,10-11H2,1-2H3,(H,18,20). The van der Waals surface area contributed by atoms with Crippen LogP contribution in [0.3, 0.4) is 0 Å². The molecule has 9 heteroatoms. The van der Waals surface area contributed by atoms with Gasteiger partial charge in [-0.05, 0) is 36.8 Å². The van der Waals surface area contributed by atoms with E-state index in [1.165, 1.54) is 13.0 Å². The Morgan fingerprint density at radius 3 is 2.38 bits per heavy atom. The predicted molar refractivity (Wildman–Crippen MR) is 98.3 cm³/mol. The number of hydrogen-bond acceptors (Lipinski definition) is 6. The zero-order chi connectivity index (χ0) is 19.2. The zero-order valence-corrected chi connectivity index (χ0v) is 16.1. The zero-order valence-electron chi connectivity index (χ0n) is 14.4. The molecule has 140 valence electrons. The molecule has 2 rings (SSSR count). The molecule has 1 heterocycles. The van der Waals surface area contributed by atoms with Crippen LogP contribution in [0.2, 0.25) is 0 Å². The molecule has 0 atom stereocenters. The summed E-state index contributed by atoms with van der Waals surface area (Å²) in [6.45, 7) is 3.83. The van der Waals surface area contributed by atoms with Crippen molar-refractivity contribution in [3.63, 3.8) is 0 Å². The molecule has 0 spiro atoms. The lowest BCUT2D eigenvalue weighted by molar-refractivity contribution is -0.119. The van der Waals surface area contributed by atoms with Crippen molar-refractivity contribution in [2.24, 2.45) is 0 Å². The number of hydrogen-bond donors (Lipinski definition) is 2. The Morgan fingerprint density at radius 1 is 1.08 bits per heavy atom. The minimum atomic E-state index is -3.65. The molecular weight excluding hydrogens is 376 g/mol. The summed E-state index contributed by atoms with van der Waals surface area (Å²) in [5.41, 5.74) is 1.14. The van der Waals surface area contributed by atoms with Gasteiger partial charge in [-0.2, -0.15) is 0 Å². The van der Waals surface area contributed by atoms with E-state index in [9.17, 15) is 18.0 Å². The van der Waals surface area contributed by atoms with E-state index < -0.39 is 16.0 Å². The van der Waals surface area contributed by atoms with Gasteiger partial charge in [-0.1, -0.05) is 12.1 Å². The smallest absolute Gasteiger partial charge is 0.338 e. The van der Waals surface area contributed by atoms with E-state index >= 15 is 0 Å². The molecule has 7 nitrogen and oxygen atoms in total. The van der Waals surface area contributed by atoms with Crippen LogP contribution in [-0.4, -0.2) is 26.9 Å². The number of ether oxygens (including phenoxy) is 1. The van der Waals surface area contributed by atoms with Gasteiger partial charge in [0.2, 0.25) is 15.9 Å². The summed E-state index contributed by atoms with van der Waals surface area (Å²) in [5.74, 6) is -0.586. The second kappa shape index (κ2) is 8.93. The van der Waals surface area contributed by atoms with Gasteiger partial charge in [0.15, 0.2) is 0 Å². The third-order valence-electron chi connectivity index (χ3n) is 3.34. The molecule has 1 amide bonds. The number of carbonyl (C=O) groups is 2. The summed E-state index contributed by atoms with van der Waals surface area (Å²) < 4.78 is 32.3. The maximum absolute atomic E-state index is 12.4. The van der Waals surface area contributed by atoms with Crippen molar-refractivity contribution in [2.45, 2.75) is 31.1 Å². The van der Waals surface area contributed by atoms with Crippen LogP contribution in [0.15, 0.2) is 40.6 Å². The number of esters is 1. The molecule has 0 aliphatic carbocycles. The third kappa shape index (κ3) is 5.65.